The Morgan fingerprint density at radius 3 is 2.65 bits per heavy atom. The standard InChI is InChI=1S/C14H22N2O/c1-2-10-16-13(11-14(15)17)9-8-12-6-4-3-5-7-12/h3-7,13,16H,2,8-11H2,1H3,(H2,15,17). The van der Waals surface area contributed by atoms with Crippen LogP contribution in [-0.4, -0.2) is 18.5 Å². The second-order valence-electron chi connectivity index (χ2n) is 4.35. The molecule has 0 aromatic heterocycles. The normalized spacial score (nSPS) is 12.3. The number of nitrogens with two attached hydrogens (primary N) is 1. The second kappa shape index (κ2) is 7.85. The molecule has 0 aliphatic heterocycles. The fraction of sp³-hybridized carbons (Fsp3) is 0.500. The van der Waals surface area contributed by atoms with E-state index in [2.05, 4.69) is 24.4 Å². The number of carbonyl (C=O) groups excluding carboxylic acids is 1. The molecular formula is C14H22N2O. The largest absolute Gasteiger partial charge is 0.370 e. The van der Waals surface area contributed by atoms with Crippen molar-refractivity contribution in [3.8, 4) is 0 Å². The van der Waals surface area contributed by atoms with Gasteiger partial charge in [0, 0.05) is 12.5 Å². The number of primary amides is 1. The summed E-state index contributed by atoms with van der Waals surface area (Å²) in [7, 11) is 0. The van der Waals surface area contributed by atoms with E-state index >= 15 is 0 Å². The van der Waals surface area contributed by atoms with Gasteiger partial charge in [-0.05, 0) is 31.4 Å². The first-order valence-corrected chi connectivity index (χ1v) is 6.28. The van der Waals surface area contributed by atoms with E-state index < -0.39 is 0 Å². The maximum Gasteiger partial charge on any atom is 0.218 e. The fourth-order valence-corrected chi connectivity index (χ4v) is 1.85. The van der Waals surface area contributed by atoms with E-state index in [1.807, 2.05) is 18.2 Å². The molecule has 3 heteroatoms. The summed E-state index contributed by atoms with van der Waals surface area (Å²) in [5.74, 6) is -0.230. The molecule has 0 radical (unpaired) electrons. The molecule has 0 aliphatic carbocycles. The average molecular weight is 234 g/mol. The Balaban J connectivity index is 2.40. The molecule has 0 saturated carbocycles. The number of hydrogen-bond donors (Lipinski definition) is 2. The molecule has 1 atom stereocenters. The lowest BCUT2D eigenvalue weighted by Crippen LogP contribution is -2.34. The molecule has 0 saturated heterocycles. The Morgan fingerprint density at radius 2 is 2.06 bits per heavy atom. The van der Waals surface area contributed by atoms with Gasteiger partial charge in [0.1, 0.15) is 0 Å². The Labute approximate surface area is 103 Å². The summed E-state index contributed by atoms with van der Waals surface area (Å²) in [5.41, 5.74) is 6.56. The molecule has 0 aliphatic rings. The molecule has 0 spiro atoms. The summed E-state index contributed by atoms with van der Waals surface area (Å²) >= 11 is 0. The van der Waals surface area contributed by atoms with Crippen LogP contribution in [0, 0.1) is 0 Å². The van der Waals surface area contributed by atoms with Crippen molar-refractivity contribution >= 4 is 5.91 Å². The Kier molecular flexibility index (Phi) is 6.33. The van der Waals surface area contributed by atoms with Crippen molar-refractivity contribution < 1.29 is 4.79 Å². The number of rotatable bonds is 8. The van der Waals surface area contributed by atoms with Crippen LogP contribution in [0.3, 0.4) is 0 Å². The van der Waals surface area contributed by atoms with Crippen molar-refractivity contribution in [3.05, 3.63) is 35.9 Å². The van der Waals surface area contributed by atoms with E-state index in [9.17, 15) is 4.79 Å². The third-order valence-corrected chi connectivity index (χ3v) is 2.75. The highest BCUT2D eigenvalue weighted by Crippen LogP contribution is 2.07. The van der Waals surface area contributed by atoms with Gasteiger partial charge in [0.25, 0.3) is 0 Å². The molecule has 3 nitrogen and oxygen atoms in total. The molecule has 1 unspecified atom stereocenters. The van der Waals surface area contributed by atoms with Crippen molar-refractivity contribution in [2.75, 3.05) is 6.54 Å². The van der Waals surface area contributed by atoms with Crippen molar-refractivity contribution in [2.24, 2.45) is 5.73 Å². The molecule has 94 valence electrons. The Hall–Kier alpha value is -1.35. The highest BCUT2D eigenvalue weighted by molar-refractivity contribution is 5.74. The van der Waals surface area contributed by atoms with Crippen LogP contribution in [0.4, 0.5) is 0 Å². The zero-order valence-corrected chi connectivity index (χ0v) is 10.5. The van der Waals surface area contributed by atoms with Crippen LogP contribution < -0.4 is 11.1 Å². The van der Waals surface area contributed by atoms with Gasteiger partial charge in [-0.2, -0.15) is 0 Å². The number of nitrogens with one attached hydrogen (secondary N) is 1. The van der Waals surface area contributed by atoms with Gasteiger partial charge < -0.3 is 11.1 Å². The van der Waals surface area contributed by atoms with Crippen LogP contribution in [-0.2, 0) is 11.2 Å². The van der Waals surface area contributed by atoms with E-state index in [0.717, 1.165) is 25.8 Å². The van der Waals surface area contributed by atoms with Crippen LogP contribution in [0.2, 0.25) is 0 Å². The van der Waals surface area contributed by atoms with Gasteiger partial charge >= 0.3 is 0 Å². The summed E-state index contributed by atoms with van der Waals surface area (Å²) in [5, 5.41) is 3.37. The SMILES string of the molecule is CCCNC(CCc1ccccc1)CC(N)=O. The van der Waals surface area contributed by atoms with Gasteiger partial charge in [-0.1, -0.05) is 37.3 Å². The van der Waals surface area contributed by atoms with Crippen molar-refractivity contribution in [2.45, 2.75) is 38.6 Å². The molecule has 3 N–H and O–H groups in total. The zero-order chi connectivity index (χ0) is 12.5. The minimum absolute atomic E-state index is 0.202. The third-order valence-electron chi connectivity index (χ3n) is 2.75. The smallest absolute Gasteiger partial charge is 0.218 e. The van der Waals surface area contributed by atoms with E-state index in [0.29, 0.717) is 6.42 Å². The first-order valence-electron chi connectivity index (χ1n) is 6.28. The quantitative estimate of drug-likeness (QED) is 0.721. The lowest BCUT2D eigenvalue weighted by molar-refractivity contribution is -0.118. The van der Waals surface area contributed by atoms with Crippen LogP contribution >= 0.6 is 0 Å². The van der Waals surface area contributed by atoms with E-state index in [1.165, 1.54) is 5.56 Å². The topological polar surface area (TPSA) is 55.1 Å². The van der Waals surface area contributed by atoms with Gasteiger partial charge in [-0.3, -0.25) is 4.79 Å². The number of aryl methyl sites for hydroxylation is 1. The predicted octanol–water partition coefficient (Wildman–Crippen LogP) is 1.86. The van der Waals surface area contributed by atoms with E-state index in [4.69, 9.17) is 5.73 Å². The fourth-order valence-electron chi connectivity index (χ4n) is 1.85. The molecule has 1 aromatic carbocycles. The molecule has 0 fully saturated rings. The first kappa shape index (κ1) is 13.7. The second-order valence-corrected chi connectivity index (χ2v) is 4.35. The van der Waals surface area contributed by atoms with Crippen LogP contribution in [0.1, 0.15) is 31.7 Å². The van der Waals surface area contributed by atoms with Crippen LogP contribution in [0.15, 0.2) is 30.3 Å². The third kappa shape index (κ3) is 6.07. The lowest BCUT2D eigenvalue weighted by atomic mass is 10.0. The number of hydrogen-bond acceptors (Lipinski definition) is 2. The average Bonchev–Trinajstić information content (AvgIpc) is 2.33. The molecule has 1 aromatic rings. The van der Waals surface area contributed by atoms with Gasteiger partial charge in [0.05, 0.1) is 0 Å². The van der Waals surface area contributed by atoms with E-state index in [-0.39, 0.29) is 11.9 Å². The highest BCUT2D eigenvalue weighted by Gasteiger charge is 2.10. The zero-order valence-electron chi connectivity index (χ0n) is 10.5. The van der Waals surface area contributed by atoms with Crippen LogP contribution in [0.5, 0.6) is 0 Å². The summed E-state index contributed by atoms with van der Waals surface area (Å²) < 4.78 is 0. The first-order chi connectivity index (χ1) is 8.22. The molecule has 0 bridgehead atoms. The summed E-state index contributed by atoms with van der Waals surface area (Å²) in [4.78, 5) is 11.0. The summed E-state index contributed by atoms with van der Waals surface area (Å²) in [6, 6.07) is 10.5. The van der Waals surface area contributed by atoms with Gasteiger partial charge in [-0.25, -0.2) is 0 Å². The molecule has 17 heavy (non-hydrogen) atoms. The maximum absolute atomic E-state index is 11.0. The lowest BCUT2D eigenvalue weighted by Gasteiger charge is -2.16. The monoisotopic (exact) mass is 234 g/mol. The highest BCUT2D eigenvalue weighted by atomic mass is 16.1. The van der Waals surface area contributed by atoms with Crippen molar-refractivity contribution in [3.63, 3.8) is 0 Å². The molecule has 1 rings (SSSR count). The molecule has 1 amide bonds. The van der Waals surface area contributed by atoms with E-state index in [1.54, 1.807) is 0 Å². The van der Waals surface area contributed by atoms with Crippen LogP contribution in [0.25, 0.3) is 0 Å². The predicted molar refractivity (Wildman–Crippen MR) is 70.7 cm³/mol. The Bertz CT molecular complexity index is 324. The number of benzene rings is 1. The molecular weight excluding hydrogens is 212 g/mol. The Morgan fingerprint density at radius 1 is 1.35 bits per heavy atom. The van der Waals surface area contributed by atoms with Crippen molar-refractivity contribution in [1.29, 1.82) is 0 Å². The van der Waals surface area contributed by atoms with Crippen molar-refractivity contribution in [1.82, 2.24) is 5.32 Å². The number of amides is 1. The minimum atomic E-state index is -0.230. The number of carbonyl (C=O) groups is 1. The summed E-state index contributed by atoms with van der Waals surface area (Å²) in [6.45, 7) is 3.05. The van der Waals surface area contributed by atoms with Gasteiger partial charge in [-0.15, -0.1) is 0 Å². The maximum atomic E-state index is 11.0. The molecule has 0 heterocycles. The minimum Gasteiger partial charge on any atom is -0.370 e. The van der Waals surface area contributed by atoms with Gasteiger partial charge in [0.2, 0.25) is 5.91 Å². The van der Waals surface area contributed by atoms with Gasteiger partial charge in [0.15, 0.2) is 0 Å². The summed E-state index contributed by atoms with van der Waals surface area (Å²) in [6.07, 6.45) is 3.43.